The number of methoxy groups -OCH3 is 1. The fourth-order valence-corrected chi connectivity index (χ4v) is 2.79. The molecule has 0 spiro atoms. The summed E-state index contributed by atoms with van der Waals surface area (Å²) in [6.07, 6.45) is 1.74. The van der Waals surface area contributed by atoms with Crippen LogP contribution in [-0.4, -0.2) is 17.7 Å². The summed E-state index contributed by atoms with van der Waals surface area (Å²) in [6.45, 7) is 0. The van der Waals surface area contributed by atoms with Crippen molar-refractivity contribution in [3.63, 3.8) is 0 Å². The first kappa shape index (κ1) is 15.5. The molecule has 3 rings (SSSR count). The van der Waals surface area contributed by atoms with Gasteiger partial charge in [0.05, 0.1) is 13.3 Å². The van der Waals surface area contributed by atoms with Crippen molar-refractivity contribution in [2.45, 2.75) is 0 Å². The van der Waals surface area contributed by atoms with Crippen LogP contribution >= 0.6 is 23.1 Å². The van der Waals surface area contributed by atoms with Crippen LogP contribution in [0.15, 0.2) is 59.0 Å². The molecule has 0 aliphatic carbocycles. The molecule has 0 atom stereocenters. The maximum Gasteiger partial charge on any atom is 0.167 e. The zero-order valence-electron chi connectivity index (χ0n) is 12.4. The maximum atomic E-state index is 5.92. The Morgan fingerprint density at radius 3 is 2.57 bits per heavy atom. The van der Waals surface area contributed by atoms with Gasteiger partial charge in [-0.3, -0.25) is 5.43 Å². The van der Waals surface area contributed by atoms with E-state index in [1.165, 1.54) is 11.5 Å². The molecule has 0 saturated carbocycles. The third-order valence-electron chi connectivity index (χ3n) is 3.22. The van der Waals surface area contributed by atoms with Gasteiger partial charge in [-0.25, -0.2) is 0 Å². The van der Waals surface area contributed by atoms with E-state index in [1.807, 2.05) is 53.9 Å². The zero-order valence-corrected chi connectivity index (χ0v) is 13.9. The van der Waals surface area contributed by atoms with E-state index in [0.717, 1.165) is 28.3 Å². The van der Waals surface area contributed by atoms with Gasteiger partial charge in [-0.05, 0) is 59.1 Å². The van der Waals surface area contributed by atoms with Crippen molar-refractivity contribution in [3.05, 3.63) is 64.5 Å². The molecule has 0 fully saturated rings. The van der Waals surface area contributed by atoms with Gasteiger partial charge in [0.25, 0.3) is 0 Å². The first-order valence-electron chi connectivity index (χ1n) is 6.90. The van der Waals surface area contributed by atoms with Gasteiger partial charge in [0, 0.05) is 16.0 Å². The number of rotatable bonds is 5. The molecule has 0 bridgehead atoms. The molecule has 3 aromatic rings. The van der Waals surface area contributed by atoms with Gasteiger partial charge in [-0.15, -0.1) is 0 Å². The van der Waals surface area contributed by atoms with Gasteiger partial charge in [0.2, 0.25) is 0 Å². The normalized spacial score (nSPS) is 10.9. The zero-order chi connectivity index (χ0) is 16.1. The fourth-order valence-electron chi connectivity index (χ4n) is 2.01. The molecule has 0 aliphatic heterocycles. The summed E-state index contributed by atoms with van der Waals surface area (Å²) in [5, 5.41) is 6.94. The van der Waals surface area contributed by atoms with E-state index in [4.69, 9.17) is 16.3 Å². The van der Waals surface area contributed by atoms with Crippen LogP contribution in [-0.2, 0) is 0 Å². The third kappa shape index (κ3) is 3.88. The summed E-state index contributed by atoms with van der Waals surface area (Å²) < 4.78 is 9.46. The molecule has 1 heterocycles. The quantitative estimate of drug-likeness (QED) is 0.528. The van der Waals surface area contributed by atoms with Crippen LogP contribution in [0.4, 0.5) is 5.82 Å². The largest absolute Gasteiger partial charge is 0.497 e. The average molecular weight is 344 g/mol. The number of nitrogens with one attached hydrogen (secondary N) is 1. The lowest BCUT2D eigenvalue weighted by Gasteiger charge is -2.02. The van der Waals surface area contributed by atoms with Crippen LogP contribution < -0.4 is 10.2 Å². The SMILES string of the molecule is COc1ccc(/C=N/Nc2nscc2-c2ccc(Cl)cc2)cc1. The standard InChI is InChI=1S/C17H14ClN3OS/c1-22-15-8-2-12(3-9-15)10-19-20-17-16(11-23-21-17)13-4-6-14(18)7-5-13/h2-11H,1H3,(H,20,21)/b19-10+. The highest BCUT2D eigenvalue weighted by atomic mass is 35.5. The van der Waals surface area contributed by atoms with Crippen LogP contribution in [0, 0.1) is 0 Å². The smallest absolute Gasteiger partial charge is 0.167 e. The molecule has 0 aliphatic rings. The van der Waals surface area contributed by atoms with E-state index in [0.29, 0.717) is 5.02 Å². The van der Waals surface area contributed by atoms with Crippen LogP contribution in [0.3, 0.4) is 0 Å². The van der Waals surface area contributed by atoms with Crippen LogP contribution in [0.1, 0.15) is 5.56 Å². The van der Waals surface area contributed by atoms with Crippen molar-refractivity contribution >= 4 is 35.2 Å². The van der Waals surface area contributed by atoms with Crippen molar-refractivity contribution in [1.29, 1.82) is 0 Å². The van der Waals surface area contributed by atoms with Gasteiger partial charge in [-0.1, -0.05) is 23.7 Å². The Labute approximate surface area is 143 Å². The molecule has 4 nitrogen and oxygen atoms in total. The lowest BCUT2D eigenvalue weighted by atomic mass is 10.1. The van der Waals surface area contributed by atoms with E-state index in [1.54, 1.807) is 13.3 Å². The molecule has 116 valence electrons. The van der Waals surface area contributed by atoms with Crippen molar-refractivity contribution in [2.75, 3.05) is 12.5 Å². The Bertz CT molecular complexity index is 797. The summed E-state index contributed by atoms with van der Waals surface area (Å²) in [6, 6.07) is 15.3. The number of nitrogens with zero attached hydrogens (tertiary/aromatic N) is 2. The Balaban J connectivity index is 1.72. The summed E-state index contributed by atoms with van der Waals surface area (Å²) in [5.41, 5.74) is 6.01. The lowest BCUT2D eigenvalue weighted by Crippen LogP contribution is -1.93. The van der Waals surface area contributed by atoms with Crippen LogP contribution in [0.2, 0.25) is 5.02 Å². The summed E-state index contributed by atoms with van der Waals surface area (Å²) in [7, 11) is 1.64. The number of hydrazone groups is 1. The highest BCUT2D eigenvalue weighted by molar-refractivity contribution is 7.04. The number of aromatic nitrogens is 1. The van der Waals surface area contributed by atoms with Crippen molar-refractivity contribution < 1.29 is 4.74 Å². The van der Waals surface area contributed by atoms with E-state index >= 15 is 0 Å². The number of hydrogen-bond donors (Lipinski definition) is 1. The number of anilines is 1. The summed E-state index contributed by atoms with van der Waals surface area (Å²) in [5.74, 6) is 1.54. The molecule has 0 amide bonds. The lowest BCUT2D eigenvalue weighted by molar-refractivity contribution is 0.415. The second-order valence-electron chi connectivity index (χ2n) is 4.73. The van der Waals surface area contributed by atoms with E-state index in [-0.39, 0.29) is 0 Å². The predicted octanol–water partition coefficient (Wildman–Crippen LogP) is 4.92. The summed E-state index contributed by atoms with van der Waals surface area (Å²) in [4.78, 5) is 0. The predicted molar refractivity (Wildman–Crippen MR) is 96.8 cm³/mol. The van der Waals surface area contributed by atoms with Gasteiger partial charge in [0.15, 0.2) is 5.82 Å². The highest BCUT2D eigenvalue weighted by Crippen LogP contribution is 2.29. The molecule has 0 unspecified atom stereocenters. The molecular formula is C17H14ClN3OS. The fraction of sp³-hybridized carbons (Fsp3) is 0.0588. The average Bonchev–Trinajstić information content (AvgIpc) is 3.05. The minimum Gasteiger partial charge on any atom is -0.497 e. The van der Waals surface area contributed by atoms with Crippen molar-refractivity contribution in [1.82, 2.24) is 4.37 Å². The summed E-state index contributed by atoms with van der Waals surface area (Å²) >= 11 is 7.31. The molecule has 1 aromatic heterocycles. The molecule has 23 heavy (non-hydrogen) atoms. The van der Waals surface area contributed by atoms with Gasteiger partial charge < -0.3 is 4.74 Å². The van der Waals surface area contributed by atoms with E-state index in [2.05, 4.69) is 14.9 Å². The van der Waals surface area contributed by atoms with Gasteiger partial charge in [0.1, 0.15) is 5.75 Å². The Hall–Kier alpha value is -2.37. The number of hydrogen-bond acceptors (Lipinski definition) is 5. The topological polar surface area (TPSA) is 46.5 Å². The first-order chi connectivity index (χ1) is 11.3. The third-order valence-corrected chi connectivity index (χ3v) is 4.11. The Morgan fingerprint density at radius 2 is 1.87 bits per heavy atom. The maximum absolute atomic E-state index is 5.92. The number of benzene rings is 2. The second kappa shape index (κ2) is 7.26. The Kier molecular flexibility index (Phi) is 4.90. The van der Waals surface area contributed by atoms with Crippen molar-refractivity contribution in [3.8, 4) is 16.9 Å². The molecule has 0 saturated heterocycles. The van der Waals surface area contributed by atoms with Gasteiger partial charge >= 0.3 is 0 Å². The minimum absolute atomic E-state index is 0.712. The number of halogens is 1. The molecule has 2 aromatic carbocycles. The highest BCUT2D eigenvalue weighted by Gasteiger charge is 2.07. The Morgan fingerprint density at radius 1 is 1.13 bits per heavy atom. The second-order valence-corrected chi connectivity index (χ2v) is 5.79. The molecule has 0 radical (unpaired) electrons. The van der Waals surface area contributed by atoms with E-state index in [9.17, 15) is 0 Å². The first-order valence-corrected chi connectivity index (χ1v) is 8.11. The minimum atomic E-state index is 0.712. The molecule has 6 heteroatoms. The monoisotopic (exact) mass is 343 g/mol. The molecular weight excluding hydrogens is 330 g/mol. The van der Waals surface area contributed by atoms with Crippen molar-refractivity contribution in [2.24, 2.45) is 5.10 Å². The van der Waals surface area contributed by atoms with Crippen LogP contribution in [0.25, 0.3) is 11.1 Å². The van der Waals surface area contributed by atoms with E-state index < -0.39 is 0 Å². The van der Waals surface area contributed by atoms with Crippen LogP contribution in [0.5, 0.6) is 5.75 Å². The molecule has 1 N–H and O–H groups in total. The van der Waals surface area contributed by atoms with Gasteiger partial charge in [-0.2, -0.15) is 9.47 Å². The number of ether oxygens (including phenoxy) is 1.